The molecular weight excluding hydrogens is 449 g/mol. The van der Waals surface area contributed by atoms with Crippen molar-refractivity contribution in [3.05, 3.63) is 53.8 Å². The molecule has 1 saturated carbocycles. The Morgan fingerprint density at radius 2 is 1.58 bits per heavy atom. The van der Waals surface area contributed by atoms with Crippen molar-refractivity contribution in [1.29, 1.82) is 0 Å². The standard InChI is InChI=1S/C25H27F7O/c1-2-3-4-16-5-7-17(8-6-16)19-11-14-21(22(26)15-19)18-9-12-20(13-10-18)33-25(31,32)23(27)24(28,29)30/h9-17,23H,2-8H2,1H3. The van der Waals surface area contributed by atoms with Crippen LogP contribution in [0.1, 0.15) is 63.4 Å². The fourth-order valence-electron chi connectivity index (χ4n) is 4.40. The molecule has 0 spiro atoms. The van der Waals surface area contributed by atoms with Gasteiger partial charge in [-0.1, -0.05) is 50.5 Å². The Morgan fingerprint density at radius 3 is 2.12 bits per heavy atom. The van der Waals surface area contributed by atoms with Gasteiger partial charge in [0.1, 0.15) is 11.6 Å². The van der Waals surface area contributed by atoms with Crippen LogP contribution in [0.2, 0.25) is 0 Å². The zero-order valence-corrected chi connectivity index (χ0v) is 18.3. The molecule has 0 radical (unpaired) electrons. The van der Waals surface area contributed by atoms with Crippen LogP contribution in [0.4, 0.5) is 30.7 Å². The lowest BCUT2D eigenvalue weighted by atomic mass is 9.77. The summed E-state index contributed by atoms with van der Waals surface area (Å²) in [6.07, 6.45) is -7.35. The molecular formula is C25H27F7O. The molecule has 0 bridgehead atoms. The molecule has 0 amide bonds. The fourth-order valence-corrected chi connectivity index (χ4v) is 4.40. The highest BCUT2D eigenvalue weighted by atomic mass is 19.4. The molecule has 1 unspecified atom stereocenters. The Hall–Kier alpha value is -2.25. The van der Waals surface area contributed by atoms with E-state index in [1.807, 2.05) is 6.07 Å². The highest BCUT2D eigenvalue weighted by molar-refractivity contribution is 5.65. The lowest BCUT2D eigenvalue weighted by Crippen LogP contribution is -2.45. The zero-order chi connectivity index (χ0) is 24.2. The number of alkyl halides is 6. The van der Waals surface area contributed by atoms with E-state index >= 15 is 0 Å². The quantitative estimate of drug-likeness (QED) is 0.346. The smallest absolute Gasteiger partial charge is 0.430 e. The highest BCUT2D eigenvalue weighted by Gasteiger charge is 2.59. The maximum Gasteiger partial charge on any atom is 0.439 e. The van der Waals surface area contributed by atoms with Crippen LogP contribution in [0, 0.1) is 11.7 Å². The van der Waals surface area contributed by atoms with Crippen LogP contribution in [0.3, 0.4) is 0 Å². The van der Waals surface area contributed by atoms with E-state index in [0.29, 0.717) is 11.5 Å². The number of benzene rings is 2. The minimum Gasteiger partial charge on any atom is -0.430 e. The van der Waals surface area contributed by atoms with Crippen molar-refractivity contribution in [2.45, 2.75) is 76.2 Å². The van der Waals surface area contributed by atoms with Crippen molar-refractivity contribution in [2.75, 3.05) is 0 Å². The van der Waals surface area contributed by atoms with E-state index in [1.54, 1.807) is 6.07 Å². The molecule has 0 N–H and O–H groups in total. The van der Waals surface area contributed by atoms with Gasteiger partial charge in [-0.3, -0.25) is 0 Å². The maximum atomic E-state index is 14.8. The molecule has 182 valence electrons. The van der Waals surface area contributed by atoms with E-state index in [0.717, 1.165) is 49.3 Å². The van der Waals surface area contributed by atoms with Crippen LogP contribution in [0.25, 0.3) is 11.1 Å². The van der Waals surface area contributed by atoms with Crippen LogP contribution in [-0.4, -0.2) is 18.5 Å². The van der Waals surface area contributed by atoms with E-state index in [1.165, 1.54) is 37.5 Å². The summed E-state index contributed by atoms with van der Waals surface area (Å²) >= 11 is 0. The molecule has 0 aliphatic heterocycles. The van der Waals surface area contributed by atoms with Gasteiger partial charge in [0.15, 0.2) is 0 Å². The van der Waals surface area contributed by atoms with Crippen molar-refractivity contribution in [3.63, 3.8) is 0 Å². The van der Waals surface area contributed by atoms with Gasteiger partial charge in [0, 0.05) is 5.56 Å². The molecule has 2 aromatic carbocycles. The molecule has 1 atom stereocenters. The van der Waals surface area contributed by atoms with Crippen LogP contribution < -0.4 is 4.74 Å². The predicted octanol–water partition coefficient (Wildman–Crippen LogP) is 8.83. The number of hydrogen-bond donors (Lipinski definition) is 0. The molecule has 1 aliphatic carbocycles. The molecule has 0 aromatic heterocycles. The summed E-state index contributed by atoms with van der Waals surface area (Å²) in [6, 6.07) is 9.34. The molecule has 33 heavy (non-hydrogen) atoms. The lowest BCUT2D eigenvalue weighted by molar-refractivity contribution is -0.304. The van der Waals surface area contributed by atoms with Crippen molar-refractivity contribution >= 4 is 0 Å². The maximum absolute atomic E-state index is 14.8. The Balaban J connectivity index is 1.66. The third kappa shape index (κ3) is 6.42. The summed E-state index contributed by atoms with van der Waals surface area (Å²) < 4.78 is 95.3. The van der Waals surface area contributed by atoms with Gasteiger partial charge >= 0.3 is 12.3 Å². The molecule has 8 heteroatoms. The van der Waals surface area contributed by atoms with Gasteiger partial charge in [0.05, 0.1) is 0 Å². The second-order valence-corrected chi connectivity index (χ2v) is 8.69. The molecule has 0 saturated heterocycles. The first-order valence-corrected chi connectivity index (χ1v) is 11.2. The third-order valence-corrected chi connectivity index (χ3v) is 6.28. The fraction of sp³-hybridized carbons (Fsp3) is 0.520. The molecule has 1 fully saturated rings. The van der Waals surface area contributed by atoms with Crippen LogP contribution in [0.15, 0.2) is 42.5 Å². The Morgan fingerprint density at radius 1 is 0.939 bits per heavy atom. The van der Waals surface area contributed by atoms with E-state index in [4.69, 9.17) is 0 Å². The van der Waals surface area contributed by atoms with Gasteiger partial charge in [-0.15, -0.1) is 0 Å². The van der Waals surface area contributed by atoms with Crippen molar-refractivity contribution < 1.29 is 35.5 Å². The number of halogens is 7. The van der Waals surface area contributed by atoms with E-state index in [9.17, 15) is 30.7 Å². The summed E-state index contributed by atoms with van der Waals surface area (Å²) in [5, 5.41) is 0. The van der Waals surface area contributed by atoms with Crippen LogP contribution >= 0.6 is 0 Å². The number of hydrogen-bond acceptors (Lipinski definition) is 1. The summed E-state index contributed by atoms with van der Waals surface area (Å²) in [7, 11) is 0. The summed E-state index contributed by atoms with van der Waals surface area (Å²) in [4.78, 5) is 0. The van der Waals surface area contributed by atoms with Gasteiger partial charge < -0.3 is 4.74 Å². The molecule has 3 rings (SSSR count). The SMILES string of the molecule is CCCCC1CCC(c2ccc(-c3ccc(OC(F)(F)C(F)C(F)(F)F)cc3)c(F)c2)CC1. The van der Waals surface area contributed by atoms with Crippen molar-refractivity contribution in [3.8, 4) is 16.9 Å². The van der Waals surface area contributed by atoms with Gasteiger partial charge in [0.2, 0.25) is 0 Å². The first-order valence-electron chi connectivity index (χ1n) is 11.2. The Bertz CT molecular complexity index is 900. The predicted molar refractivity (Wildman–Crippen MR) is 113 cm³/mol. The van der Waals surface area contributed by atoms with Crippen molar-refractivity contribution in [2.24, 2.45) is 5.92 Å². The average Bonchev–Trinajstić information content (AvgIpc) is 2.77. The van der Waals surface area contributed by atoms with E-state index in [2.05, 4.69) is 11.7 Å². The van der Waals surface area contributed by atoms with Gasteiger partial charge in [-0.05, 0) is 66.8 Å². The molecule has 1 aliphatic rings. The normalized spacial score (nSPS) is 20.5. The molecule has 2 aromatic rings. The molecule has 0 heterocycles. The summed E-state index contributed by atoms with van der Waals surface area (Å²) in [5.41, 5.74) is 1.49. The largest absolute Gasteiger partial charge is 0.439 e. The number of ether oxygens (including phenoxy) is 1. The summed E-state index contributed by atoms with van der Waals surface area (Å²) in [5.74, 6) is -0.0954. The molecule has 1 nitrogen and oxygen atoms in total. The Kier molecular flexibility index (Phi) is 7.96. The van der Waals surface area contributed by atoms with Crippen molar-refractivity contribution in [1.82, 2.24) is 0 Å². The minimum atomic E-state index is -5.76. The minimum absolute atomic E-state index is 0.229. The highest BCUT2D eigenvalue weighted by Crippen LogP contribution is 2.40. The van der Waals surface area contributed by atoms with Gasteiger partial charge in [-0.2, -0.15) is 22.0 Å². The number of unbranched alkanes of at least 4 members (excludes halogenated alkanes) is 1. The first kappa shape index (κ1) is 25.4. The lowest BCUT2D eigenvalue weighted by Gasteiger charge is -2.29. The monoisotopic (exact) mass is 476 g/mol. The third-order valence-electron chi connectivity index (χ3n) is 6.28. The first-order chi connectivity index (χ1) is 15.5. The van der Waals surface area contributed by atoms with Gasteiger partial charge in [0.25, 0.3) is 6.17 Å². The van der Waals surface area contributed by atoms with Crippen LogP contribution in [0.5, 0.6) is 5.75 Å². The van der Waals surface area contributed by atoms with E-state index in [-0.39, 0.29) is 5.56 Å². The second kappa shape index (κ2) is 10.3. The van der Waals surface area contributed by atoms with Crippen LogP contribution in [-0.2, 0) is 0 Å². The number of rotatable bonds is 8. The topological polar surface area (TPSA) is 9.23 Å². The second-order valence-electron chi connectivity index (χ2n) is 8.69. The van der Waals surface area contributed by atoms with Gasteiger partial charge in [-0.25, -0.2) is 8.78 Å². The summed E-state index contributed by atoms with van der Waals surface area (Å²) in [6.45, 7) is 2.18. The Labute approximate surface area is 188 Å². The average molecular weight is 476 g/mol. The zero-order valence-electron chi connectivity index (χ0n) is 18.3. The van der Waals surface area contributed by atoms with E-state index < -0.39 is 30.0 Å².